The van der Waals surface area contributed by atoms with E-state index in [9.17, 15) is 19.8 Å². The van der Waals surface area contributed by atoms with Gasteiger partial charge in [0.05, 0.1) is 24.7 Å². The molecule has 196 valence electrons. The number of carbonyl (C=O) groups is 2. The molecule has 3 rings (SSSR count). The summed E-state index contributed by atoms with van der Waals surface area (Å²) in [7, 11) is 0. The van der Waals surface area contributed by atoms with Gasteiger partial charge in [0.25, 0.3) is 0 Å². The Morgan fingerprint density at radius 2 is 1.51 bits per heavy atom. The highest BCUT2D eigenvalue weighted by Gasteiger charge is 2.14. The van der Waals surface area contributed by atoms with Crippen molar-refractivity contribution in [2.75, 3.05) is 13.2 Å². The van der Waals surface area contributed by atoms with E-state index < -0.39 is 5.97 Å². The van der Waals surface area contributed by atoms with Gasteiger partial charge in [0.2, 0.25) is 0 Å². The van der Waals surface area contributed by atoms with Crippen LogP contribution in [-0.4, -0.2) is 30.1 Å². The van der Waals surface area contributed by atoms with Gasteiger partial charge in [-0.3, -0.25) is 4.79 Å². The van der Waals surface area contributed by atoms with E-state index in [1.807, 2.05) is 25.1 Å². The Balaban J connectivity index is 1.61. The SMILES string of the molecule is CCCc1c(OCCCOc2cc(O)c(C(C)=O)cc2CC)cccc1OCc1ccccc1C(=O)[O-]. The second-order valence-corrected chi connectivity index (χ2v) is 8.65. The molecular formula is C30H33O7-. The number of aromatic hydroxyl groups is 1. The average molecular weight is 506 g/mol. The van der Waals surface area contributed by atoms with Crippen molar-refractivity contribution in [1.29, 1.82) is 0 Å². The molecule has 0 unspecified atom stereocenters. The lowest BCUT2D eigenvalue weighted by atomic mass is 10.0. The maximum absolute atomic E-state index is 11.7. The summed E-state index contributed by atoms with van der Waals surface area (Å²) in [4.78, 5) is 23.1. The first-order valence-electron chi connectivity index (χ1n) is 12.5. The Labute approximate surface area is 217 Å². The van der Waals surface area contributed by atoms with Crippen LogP contribution in [0.3, 0.4) is 0 Å². The smallest absolute Gasteiger partial charge is 0.163 e. The molecule has 0 radical (unpaired) electrons. The van der Waals surface area contributed by atoms with Crippen molar-refractivity contribution < 1.29 is 34.0 Å². The van der Waals surface area contributed by atoms with Crippen molar-refractivity contribution in [2.24, 2.45) is 0 Å². The van der Waals surface area contributed by atoms with Crippen LogP contribution in [0.15, 0.2) is 54.6 Å². The Kier molecular flexibility index (Phi) is 9.95. The molecule has 0 fully saturated rings. The first-order chi connectivity index (χ1) is 17.8. The van der Waals surface area contributed by atoms with E-state index in [1.165, 1.54) is 19.1 Å². The number of rotatable bonds is 14. The monoisotopic (exact) mass is 505 g/mol. The number of hydrogen-bond acceptors (Lipinski definition) is 7. The van der Waals surface area contributed by atoms with Crippen molar-refractivity contribution in [1.82, 2.24) is 0 Å². The molecule has 0 saturated carbocycles. The predicted octanol–water partition coefficient (Wildman–Crippen LogP) is 4.90. The Bertz CT molecular complexity index is 1230. The van der Waals surface area contributed by atoms with E-state index in [2.05, 4.69) is 6.92 Å². The van der Waals surface area contributed by atoms with Crippen molar-refractivity contribution in [3.05, 3.63) is 82.4 Å². The molecule has 0 aliphatic heterocycles. The Hall–Kier alpha value is -4.00. The second kappa shape index (κ2) is 13.3. The molecule has 0 saturated heterocycles. The number of phenolic OH excluding ortho intramolecular Hbond substituents is 1. The number of carbonyl (C=O) groups excluding carboxylic acids is 2. The number of Topliss-reactive ketones (excluding diaryl/α,β-unsaturated/α-hetero) is 1. The summed E-state index contributed by atoms with van der Waals surface area (Å²) in [6.45, 7) is 6.35. The lowest BCUT2D eigenvalue weighted by Crippen LogP contribution is -2.24. The van der Waals surface area contributed by atoms with Gasteiger partial charge in [0, 0.05) is 23.6 Å². The number of phenols is 1. The third-order valence-corrected chi connectivity index (χ3v) is 5.95. The average Bonchev–Trinajstić information content (AvgIpc) is 2.88. The number of ether oxygens (including phenoxy) is 3. The molecule has 0 aliphatic carbocycles. The topological polar surface area (TPSA) is 105 Å². The normalized spacial score (nSPS) is 10.7. The Morgan fingerprint density at radius 3 is 2.16 bits per heavy atom. The Morgan fingerprint density at radius 1 is 0.838 bits per heavy atom. The maximum Gasteiger partial charge on any atom is 0.163 e. The lowest BCUT2D eigenvalue weighted by Gasteiger charge is -2.17. The van der Waals surface area contributed by atoms with Gasteiger partial charge in [0.1, 0.15) is 29.6 Å². The standard InChI is InChI=1S/C30H34O7/c1-4-10-24-27(13-8-14-28(24)37-19-22-11-6-7-12-23(22)30(33)34)35-15-9-16-36-29-18-26(32)25(20(3)31)17-21(29)5-2/h6-8,11-14,17-18,32H,4-5,9-10,15-16,19H2,1-3H3,(H,33,34)/p-1. The summed E-state index contributed by atoms with van der Waals surface area (Å²) >= 11 is 0. The van der Waals surface area contributed by atoms with Gasteiger partial charge >= 0.3 is 0 Å². The van der Waals surface area contributed by atoms with Crippen molar-refractivity contribution >= 4 is 11.8 Å². The van der Waals surface area contributed by atoms with Gasteiger partial charge in [-0.1, -0.05) is 50.6 Å². The summed E-state index contributed by atoms with van der Waals surface area (Å²) in [5.74, 6) is 0.415. The largest absolute Gasteiger partial charge is 0.545 e. The van der Waals surface area contributed by atoms with Crippen LogP contribution in [0.5, 0.6) is 23.0 Å². The van der Waals surface area contributed by atoms with E-state index in [1.54, 1.807) is 24.3 Å². The molecular weight excluding hydrogens is 472 g/mol. The minimum absolute atomic E-state index is 0.0841. The molecule has 0 spiro atoms. The second-order valence-electron chi connectivity index (χ2n) is 8.65. The van der Waals surface area contributed by atoms with Crippen molar-refractivity contribution in [3.8, 4) is 23.0 Å². The minimum Gasteiger partial charge on any atom is -0.545 e. The highest BCUT2D eigenvalue weighted by Crippen LogP contribution is 2.32. The fourth-order valence-corrected chi connectivity index (χ4v) is 4.04. The molecule has 37 heavy (non-hydrogen) atoms. The summed E-state index contributed by atoms with van der Waals surface area (Å²) in [6, 6.07) is 15.4. The van der Waals surface area contributed by atoms with Crippen LogP contribution in [-0.2, 0) is 19.4 Å². The van der Waals surface area contributed by atoms with Gasteiger partial charge < -0.3 is 29.2 Å². The molecule has 7 heteroatoms. The third kappa shape index (κ3) is 7.26. The van der Waals surface area contributed by atoms with E-state index in [0.717, 1.165) is 24.0 Å². The van der Waals surface area contributed by atoms with E-state index in [4.69, 9.17) is 14.2 Å². The number of aryl methyl sites for hydroxylation is 1. The highest BCUT2D eigenvalue weighted by atomic mass is 16.5. The fourth-order valence-electron chi connectivity index (χ4n) is 4.04. The number of carboxylic acid groups (broad SMARTS) is 1. The molecule has 0 aromatic heterocycles. The lowest BCUT2D eigenvalue weighted by molar-refractivity contribution is -0.255. The summed E-state index contributed by atoms with van der Waals surface area (Å²) < 4.78 is 17.9. The first-order valence-corrected chi connectivity index (χ1v) is 12.5. The molecule has 1 N–H and O–H groups in total. The summed E-state index contributed by atoms with van der Waals surface area (Å²) in [6.07, 6.45) is 2.90. The van der Waals surface area contributed by atoms with Gasteiger partial charge in [-0.25, -0.2) is 0 Å². The fraction of sp³-hybridized carbons (Fsp3) is 0.333. The molecule has 0 atom stereocenters. The zero-order chi connectivity index (χ0) is 26.8. The molecule has 3 aromatic rings. The molecule has 7 nitrogen and oxygen atoms in total. The van der Waals surface area contributed by atoms with Crippen LogP contribution < -0.4 is 19.3 Å². The number of ketones is 1. The zero-order valence-electron chi connectivity index (χ0n) is 21.5. The maximum atomic E-state index is 11.7. The van der Waals surface area contributed by atoms with Crippen LogP contribution in [0.1, 0.15) is 71.0 Å². The van der Waals surface area contributed by atoms with E-state index >= 15 is 0 Å². The number of aromatic carboxylic acids is 1. The van der Waals surface area contributed by atoms with Crippen LogP contribution in [0.25, 0.3) is 0 Å². The van der Waals surface area contributed by atoms with Gasteiger partial charge in [-0.2, -0.15) is 0 Å². The van der Waals surface area contributed by atoms with Crippen LogP contribution in [0.4, 0.5) is 0 Å². The first kappa shape index (κ1) is 27.6. The van der Waals surface area contributed by atoms with Gasteiger partial charge in [-0.05, 0) is 49.1 Å². The van der Waals surface area contributed by atoms with Crippen molar-refractivity contribution in [3.63, 3.8) is 0 Å². The quantitative estimate of drug-likeness (QED) is 0.245. The molecule has 0 amide bonds. The molecule has 0 bridgehead atoms. The molecule has 3 aromatic carbocycles. The number of hydrogen-bond donors (Lipinski definition) is 1. The summed E-state index contributed by atoms with van der Waals surface area (Å²) in [5.41, 5.74) is 2.74. The minimum atomic E-state index is -1.23. The number of benzene rings is 3. The molecule has 0 aliphatic rings. The predicted molar refractivity (Wildman–Crippen MR) is 139 cm³/mol. The van der Waals surface area contributed by atoms with E-state index in [-0.39, 0.29) is 23.7 Å². The van der Waals surface area contributed by atoms with Crippen LogP contribution in [0.2, 0.25) is 0 Å². The number of carboxylic acids is 1. The van der Waals surface area contributed by atoms with Gasteiger partial charge in [0.15, 0.2) is 5.78 Å². The van der Waals surface area contributed by atoms with Crippen molar-refractivity contribution in [2.45, 2.75) is 53.1 Å². The third-order valence-electron chi connectivity index (χ3n) is 5.95. The van der Waals surface area contributed by atoms with Gasteiger partial charge in [-0.15, -0.1) is 0 Å². The molecule has 0 heterocycles. The van der Waals surface area contributed by atoms with Crippen LogP contribution in [0, 0.1) is 0 Å². The zero-order valence-corrected chi connectivity index (χ0v) is 21.5. The highest BCUT2D eigenvalue weighted by molar-refractivity contribution is 5.97. The summed E-state index contributed by atoms with van der Waals surface area (Å²) in [5, 5.41) is 21.5. The van der Waals surface area contributed by atoms with E-state index in [0.29, 0.717) is 54.4 Å². The van der Waals surface area contributed by atoms with Crippen LogP contribution >= 0.6 is 0 Å².